The number of aryl methyl sites for hydroxylation is 1. The molecule has 0 radical (unpaired) electrons. The highest BCUT2D eigenvalue weighted by Crippen LogP contribution is 2.39. The number of benzene rings is 1. The number of carboxylic acid groups (broad SMARTS) is 1. The molecule has 0 aliphatic heterocycles. The van der Waals surface area contributed by atoms with E-state index < -0.39 is 11.5 Å². The third-order valence-corrected chi connectivity index (χ3v) is 3.95. The molecule has 1 aromatic rings. The van der Waals surface area contributed by atoms with E-state index in [2.05, 4.69) is 5.32 Å². The van der Waals surface area contributed by atoms with E-state index in [1.165, 1.54) is 5.56 Å². The van der Waals surface area contributed by atoms with Crippen molar-refractivity contribution in [2.24, 2.45) is 5.92 Å². The van der Waals surface area contributed by atoms with Crippen molar-refractivity contribution in [1.82, 2.24) is 5.32 Å². The normalized spacial score (nSPS) is 17.2. The number of hydrogen-bond acceptors (Lipinski definition) is 2. The van der Waals surface area contributed by atoms with E-state index in [-0.39, 0.29) is 11.8 Å². The van der Waals surface area contributed by atoms with Crippen LogP contribution in [0.5, 0.6) is 0 Å². The van der Waals surface area contributed by atoms with Crippen molar-refractivity contribution >= 4 is 11.9 Å². The maximum atomic E-state index is 11.9. The predicted molar refractivity (Wildman–Crippen MR) is 76.3 cm³/mol. The molecule has 0 bridgehead atoms. The Balaban J connectivity index is 1.79. The van der Waals surface area contributed by atoms with Crippen LogP contribution in [0.4, 0.5) is 0 Å². The predicted octanol–water partition coefficient (Wildman–Crippen LogP) is 2.38. The van der Waals surface area contributed by atoms with Crippen LogP contribution < -0.4 is 5.32 Å². The standard InChI is InChI=1S/C16H21NO3/c1-16(15(19)20,13-10-11-13)17-14(18)9-5-8-12-6-3-2-4-7-12/h2-4,6-7,13H,5,8-11H2,1H3,(H,17,18)(H,19,20). The molecular formula is C16H21NO3. The summed E-state index contributed by atoms with van der Waals surface area (Å²) in [7, 11) is 0. The van der Waals surface area contributed by atoms with Crippen LogP contribution in [0.25, 0.3) is 0 Å². The average Bonchev–Trinajstić information content (AvgIpc) is 3.24. The molecule has 1 aliphatic carbocycles. The maximum absolute atomic E-state index is 11.9. The highest BCUT2D eigenvalue weighted by atomic mass is 16.4. The molecule has 1 aromatic carbocycles. The van der Waals surface area contributed by atoms with E-state index in [0.717, 1.165) is 25.7 Å². The monoisotopic (exact) mass is 275 g/mol. The van der Waals surface area contributed by atoms with Gasteiger partial charge in [-0.05, 0) is 44.1 Å². The molecule has 2 rings (SSSR count). The first-order valence-electron chi connectivity index (χ1n) is 7.10. The molecule has 1 amide bonds. The highest BCUT2D eigenvalue weighted by molar-refractivity contribution is 5.87. The SMILES string of the molecule is CC(NC(=O)CCCc1ccccc1)(C(=O)O)C1CC1. The van der Waals surface area contributed by atoms with E-state index in [1.54, 1.807) is 6.92 Å². The summed E-state index contributed by atoms with van der Waals surface area (Å²) in [6.07, 6.45) is 3.70. The molecule has 0 aromatic heterocycles. The van der Waals surface area contributed by atoms with Gasteiger partial charge in [0, 0.05) is 6.42 Å². The Hall–Kier alpha value is -1.84. The van der Waals surface area contributed by atoms with Gasteiger partial charge in [0.2, 0.25) is 5.91 Å². The van der Waals surface area contributed by atoms with Gasteiger partial charge in [0.25, 0.3) is 0 Å². The Morgan fingerprint density at radius 2 is 1.95 bits per heavy atom. The molecule has 0 heterocycles. The first kappa shape index (κ1) is 14.6. The Bertz CT molecular complexity index is 482. The molecule has 108 valence electrons. The largest absolute Gasteiger partial charge is 0.480 e. The summed E-state index contributed by atoms with van der Waals surface area (Å²) in [5, 5.41) is 12.0. The van der Waals surface area contributed by atoms with Gasteiger partial charge in [0.1, 0.15) is 5.54 Å². The summed E-state index contributed by atoms with van der Waals surface area (Å²) in [5.41, 5.74) is 0.104. The second kappa shape index (κ2) is 6.07. The van der Waals surface area contributed by atoms with Crippen molar-refractivity contribution in [3.8, 4) is 0 Å². The Labute approximate surface area is 119 Å². The number of hydrogen-bond donors (Lipinski definition) is 2. The number of carboxylic acids is 1. The number of carbonyl (C=O) groups is 2. The molecule has 20 heavy (non-hydrogen) atoms. The van der Waals surface area contributed by atoms with Crippen LogP contribution in [0, 0.1) is 5.92 Å². The molecule has 2 N–H and O–H groups in total. The fraction of sp³-hybridized carbons (Fsp3) is 0.500. The summed E-state index contributed by atoms with van der Waals surface area (Å²) in [5.74, 6) is -1.02. The lowest BCUT2D eigenvalue weighted by Gasteiger charge is -2.26. The van der Waals surface area contributed by atoms with Gasteiger partial charge in [-0.2, -0.15) is 0 Å². The van der Waals surface area contributed by atoms with E-state index >= 15 is 0 Å². The number of rotatable bonds is 7. The minimum atomic E-state index is -1.09. The molecule has 0 saturated heterocycles. The molecule has 1 fully saturated rings. The van der Waals surface area contributed by atoms with Gasteiger partial charge in [-0.25, -0.2) is 4.79 Å². The van der Waals surface area contributed by atoms with Gasteiger partial charge >= 0.3 is 5.97 Å². The van der Waals surface area contributed by atoms with Gasteiger partial charge in [0.05, 0.1) is 0 Å². The van der Waals surface area contributed by atoms with Gasteiger partial charge in [-0.1, -0.05) is 30.3 Å². The zero-order valence-electron chi connectivity index (χ0n) is 11.8. The lowest BCUT2D eigenvalue weighted by molar-refractivity contribution is -0.147. The van der Waals surface area contributed by atoms with Crippen LogP contribution in [0.15, 0.2) is 30.3 Å². The Morgan fingerprint density at radius 1 is 1.30 bits per heavy atom. The second-order valence-corrected chi connectivity index (χ2v) is 5.67. The first-order chi connectivity index (χ1) is 9.52. The summed E-state index contributed by atoms with van der Waals surface area (Å²) < 4.78 is 0. The van der Waals surface area contributed by atoms with Crippen molar-refractivity contribution in [2.75, 3.05) is 0 Å². The molecule has 1 atom stereocenters. The van der Waals surface area contributed by atoms with Gasteiger partial charge in [-0.3, -0.25) is 4.79 Å². The van der Waals surface area contributed by atoms with Crippen molar-refractivity contribution < 1.29 is 14.7 Å². The number of nitrogens with one attached hydrogen (secondary N) is 1. The fourth-order valence-electron chi connectivity index (χ4n) is 2.44. The average molecular weight is 275 g/mol. The number of carbonyl (C=O) groups excluding carboxylic acids is 1. The highest BCUT2D eigenvalue weighted by Gasteiger charge is 2.48. The summed E-state index contributed by atoms with van der Waals surface area (Å²) in [4.78, 5) is 23.2. The summed E-state index contributed by atoms with van der Waals surface area (Å²) >= 11 is 0. The Kier molecular flexibility index (Phi) is 4.42. The third-order valence-electron chi connectivity index (χ3n) is 3.95. The van der Waals surface area contributed by atoms with Crippen molar-refractivity contribution in [3.05, 3.63) is 35.9 Å². The zero-order chi connectivity index (χ0) is 14.6. The molecule has 1 aliphatic rings. The van der Waals surface area contributed by atoms with Crippen LogP contribution in [0.2, 0.25) is 0 Å². The lowest BCUT2D eigenvalue weighted by Crippen LogP contribution is -2.53. The number of aliphatic carboxylic acids is 1. The van der Waals surface area contributed by atoms with Crippen molar-refractivity contribution in [2.45, 2.75) is 44.6 Å². The van der Waals surface area contributed by atoms with E-state index in [0.29, 0.717) is 6.42 Å². The maximum Gasteiger partial charge on any atom is 0.329 e. The van der Waals surface area contributed by atoms with Gasteiger partial charge < -0.3 is 10.4 Å². The summed E-state index contributed by atoms with van der Waals surface area (Å²) in [6.45, 7) is 1.61. The van der Waals surface area contributed by atoms with E-state index in [4.69, 9.17) is 0 Å². The lowest BCUT2D eigenvalue weighted by atomic mass is 9.95. The fourth-order valence-corrected chi connectivity index (χ4v) is 2.44. The van der Waals surface area contributed by atoms with E-state index in [1.807, 2.05) is 30.3 Å². The van der Waals surface area contributed by atoms with Crippen LogP contribution in [-0.4, -0.2) is 22.5 Å². The minimum absolute atomic E-state index is 0.0815. The molecule has 4 heteroatoms. The summed E-state index contributed by atoms with van der Waals surface area (Å²) in [6, 6.07) is 9.98. The molecule has 0 spiro atoms. The Morgan fingerprint density at radius 3 is 2.50 bits per heavy atom. The van der Waals surface area contributed by atoms with Gasteiger partial charge in [0.15, 0.2) is 0 Å². The quantitative estimate of drug-likeness (QED) is 0.803. The molecule has 1 unspecified atom stereocenters. The second-order valence-electron chi connectivity index (χ2n) is 5.67. The van der Waals surface area contributed by atoms with Crippen molar-refractivity contribution in [3.63, 3.8) is 0 Å². The first-order valence-corrected chi connectivity index (χ1v) is 7.10. The molecule has 4 nitrogen and oxygen atoms in total. The van der Waals surface area contributed by atoms with Crippen LogP contribution >= 0.6 is 0 Å². The molecular weight excluding hydrogens is 254 g/mol. The molecule has 1 saturated carbocycles. The van der Waals surface area contributed by atoms with Crippen LogP contribution in [0.1, 0.15) is 38.2 Å². The van der Waals surface area contributed by atoms with Crippen LogP contribution in [0.3, 0.4) is 0 Å². The van der Waals surface area contributed by atoms with Gasteiger partial charge in [-0.15, -0.1) is 0 Å². The van der Waals surface area contributed by atoms with Crippen LogP contribution in [-0.2, 0) is 16.0 Å². The zero-order valence-corrected chi connectivity index (χ0v) is 11.8. The minimum Gasteiger partial charge on any atom is -0.480 e. The van der Waals surface area contributed by atoms with Crippen molar-refractivity contribution in [1.29, 1.82) is 0 Å². The third kappa shape index (κ3) is 3.59. The topological polar surface area (TPSA) is 66.4 Å². The smallest absolute Gasteiger partial charge is 0.329 e. The van der Waals surface area contributed by atoms with E-state index in [9.17, 15) is 14.7 Å². The number of amides is 1.